The topological polar surface area (TPSA) is 91.5 Å². The van der Waals surface area contributed by atoms with Crippen molar-refractivity contribution in [2.45, 2.75) is 0 Å². The van der Waals surface area contributed by atoms with Crippen molar-refractivity contribution in [2.75, 3.05) is 0 Å². The average molecular weight is 425 g/mol. The van der Waals surface area contributed by atoms with Gasteiger partial charge >= 0.3 is 5.69 Å². The van der Waals surface area contributed by atoms with Crippen LogP contribution in [-0.4, -0.2) is 14.5 Å². The molecule has 2 heterocycles. The second-order valence-electron chi connectivity index (χ2n) is 7.02. The number of pyridine rings is 1. The molecule has 2 aromatic heterocycles. The summed E-state index contributed by atoms with van der Waals surface area (Å²) in [6.07, 6.45) is 3.19. The highest BCUT2D eigenvalue weighted by Crippen LogP contribution is 2.30. The Kier molecular flexibility index (Phi) is 4.39. The smallest absolute Gasteiger partial charge is 0.306 e. The Balaban J connectivity index is 1.75. The van der Waals surface area contributed by atoms with Gasteiger partial charge in [0.2, 0.25) is 0 Å². The highest BCUT2D eigenvalue weighted by molar-refractivity contribution is 6.33. The molecule has 0 fully saturated rings. The normalized spacial score (nSPS) is 11.0. The van der Waals surface area contributed by atoms with Crippen molar-refractivity contribution < 1.29 is 0 Å². The minimum absolute atomic E-state index is 0.351. The molecule has 148 valence electrons. The van der Waals surface area contributed by atoms with E-state index in [0.29, 0.717) is 38.3 Å². The van der Waals surface area contributed by atoms with E-state index in [2.05, 4.69) is 16.0 Å². The maximum absolute atomic E-state index is 13.3. The van der Waals surface area contributed by atoms with Gasteiger partial charge in [-0.1, -0.05) is 41.9 Å². The van der Waals surface area contributed by atoms with E-state index >= 15 is 0 Å². The van der Waals surface area contributed by atoms with Gasteiger partial charge in [-0.15, -0.1) is 0 Å². The number of nitrogens with one attached hydrogen (secondary N) is 1. The van der Waals surface area contributed by atoms with E-state index < -0.39 is 11.2 Å². The van der Waals surface area contributed by atoms with Gasteiger partial charge in [0.05, 0.1) is 34.4 Å². The molecule has 0 unspecified atom stereocenters. The first-order chi connectivity index (χ1) is 15.1. The van der Waals surface area contributed by atoms with E-state index in [1.54, 1.807) is 42.6 Å². The van der Waals surface area contributed by atoms with E-state index in [1.807, 2.05) is 24.3 Å². The van der Waals surface area contributed by atoms with Gasteiger partial charge in [-0.3, -0.25) is 9.78 Å². The highest BCUT2D eigenvalue weighted by Gasteiger charge is 2.14. The Morgan fingerprint density at radius 1 is 0.968 bits per heavy atom. The Morgan fingerprint density at radius 2 is 1.81 bits per heavy atom. The summed E-state index contributed by atoms with van der Waals surface area (Å²) in [7, 11) is 0. The molecule has 0 aliphatic heterocycles. The van der Waals surface area contributed by atoms with Crippen LogP contribution in [0.2, 0.25) is 5.02 Å². The zero-order valence-corrected chi connectivity index (χ0v) is 16.7. The summed E-state index contributed by atoms with van der Waals surface area (Å²) >= 11 is 6.31. The molecular weight excluding hydrogens is 412 g/mol. The number of aromatic amines is 1. The van der Waals surface area contributed by atoms with Crippen molar-refractivity contribution in [3.63, 3.8) is 0 Å². The maximum atomic E-state index is 13.3. The summed E-state index contributed by atoms with van der Waals surface area (Å²) < 4.78 is 1.10. The minimum Gasteiger partial charge on any atom is -0.306 e. The van der Waals surface area contributed by atoms with Gasteiger partial charge in [0, 0.05) is 27.6 Å². The van der Waals surface area contributed by atoms with Crippen molar-refractivity contribution in [1.82, 2.24) is 14.5 Å². The predicted molar refractivity (Wildman–Crippen MR) is 121 cm³/mol. The molecule has 0 saturated heterocycles. The molecule has 0 radical (unpaired) electrons. The molecule has 0 spiro atoms. The number of H-pyrrole nitrogens is 1. The quantitative estimate of drug-likeness (QED) is 0.454. The van der Waals surface area contributed by atoms with Crippen LogP contribution in [0.5, 0.6) is 0 Å². The summed E-state index contributed by atoms with van der Waals surface area (Å²) in [5.74, 6) is 0. The van der Waals surface area contributed by atoms with Crippen LogP contribution in [0.4, 0.5) is 0 Å². The lowest BCUT2D eigenvalue weighted by Crippen LogP contribution is -2.33. The molecule has 0 amide bonds. The lowest BCUT2D eigenvalue weighted by Gasteiger charge is -2.10. The molecule has 5 rings (SSSR count). The first-order valence-corrected chi connectivity index (χ1v) is 9.77. The van der Waals surface area contributed by atoms with E-state index in [1.165, 1.54) is 6.20 Å². The number of halogens is 1. The van der Waals surface area contributed by atoms with Gasteiger partial charge in [-0.2, -0.15) is 5.26 Å². The van der Waals surface area contributed by atoms with Crippen LogP contribution >= 0.6 is 11.6 Å². The molecule has 6 nitrogen and oxygen atoms in total. The number of aromatic nitrogens is 3. The fourth-order valence-corrected chi connectivity index (χ4v) is 3.93. The monoisotopic (exact) mass is 424 g/mol. The third-order valence-electron chi connectivity index (χ3n) is 5.19. The standard InChI is InChI=1S/C24H13ClN4O2/c25-20-8-5-14(11-26)9-19(20)15-6-7-18-21(10-15)28-24(31)29(23(18)30)22-13-27-12-16-3-1-2-4-17(16)22/h1-10,12-13H,(H,28,31). The molecule has 0 saturated carbocycles. The summed E-state index contributed by atoms with van der Waals surface area (Å²) in [6.45, 7) is 0. The van der Waals surface area contributed by atoms with Gasteiger partial charge in [-0.25, -0.2) is 9.36 Å². The Labute approximate surface area is 180 Å². The third kappa shape index (κ3) is 3.08. The largest absolute Gasteiger partial charge is 0.333 e. The summed E-state index contributed by atoms with van der Waals surface area (Å²) in [4.78, 5) is 33.1. The highest BCUT2D eigenvalue weighted by atomic mass is 35.5. The van der Waals surface area contributed by atoms with E-state index in [9.17, 15) is 9.59 Å². The SMILES string of the molecule is N#Cc1ccc(Cl)c(-c2ccc3c(=O)n(-c4cncc5ccccc45)c(=O)[nH]c3c2)c1. The minimum atomic E-state index is -0.565. The van der Waals surface area contributed by atoms with Crippen LogP contribution in [0.3, 0.4) is 0 Å². The van der Waals surface area contributed by atoms with Crippen LogP contribution in [0.25, 0.3) is 38.5 Å². The zero-order chi connectivity index (χ0) is 21.5. The van der Waals surface area contributed by atoms with Gasteiger partial charge in [0.1, 0.15) is 0 Å². The molecule has 0 aliphatic rings. The fraction of sp³-hybridized carbons (Fsp3) is 0. The molecule has 3 aromatic carbocycles. The summed E-state index contributed by atoms with van der Waals surface area (Å²) in [5, 5.41) is 11.6. The lowest BCUT2D eigenvalue weighted by atomic mass is 10.0. The number of hydrogen-bond donors (Lipinski definition) is 1. The zero-order valence-electron chi connectivity index (χ0n) is 16.0. The Morgan fingerprint density at radius 3 is 2.65 bits per heavy atom. The van der Waals surface area contributed by atoms with Crippen LogP contribution in [0.15, 0.2) is 82.6 Å². The Bertz CT molecular complexity index is 1660. The van der Waals surface area contributed by atoms with E-state index in [0.717, 1.165) is 15.3 Å². The second kappa shape index (κ2) is 7.24. The van der Waals surface area contributed by atoms with Crippen molar-refractivity contribution in [3.8, 4) is 22.9 Å². The van der Waals surface area contributed by atoms with E-state index in [-0.39, 0.29) is 0 Å². The molecule has 7 heteroatoms. The number of fused-ring (bicyclic) bond motifs is 2. The number of nitrogens with zero attached hydrogens (tertiary/aromatic N) is 3. The van der Waals surface area contributed by atoms with Gasteiger partial charge < -0.3 is 4.98 Å². The van der Waals surface area contributed by atoms with Crippen LogP contribution < -0.4 is 11.2 Å². The summed E-state index contributed by atoms with van der Waals surface area (Å²) in [6, 6.07) is 19.5. The van der Waals surface area contributed by atoms with Crippen molar-refractivity contribution in [2.24, 2.45) is 0 Å². The van der Waals surface area contributed by atoms with Crippen molar-refractivity contribution in [3.05, 3.63) is 104 Å². The molecule has 31 heavy (non-hydrogen) atoms. The third-order valence-corrected chi connectivity index (χ3v) is 5.52. The lowest BCUT2D eigenvalue weighted by molar-refractivity contribution is 0.902. The molecule has 5 aromatic rings. The predicted octanol–water partition coefficient (Wildman–Crippen LogP) is 4.42. The van der Waals surface area contributed by atoms with Crippen LogP contribution in [-0.2, 0) is 0 Å². The summed E-state index contributed by atoms with van der Waals surface area (Å²) in [5.41, 5.74) is 1.59. The number of hydrogen-bond acceptors (Lipinski definition) is 4. The van der Waals surface area contributed by atoms with Gasteiger partial charge in [0.15, 0.2) is 0 Å². The van der Waals surface area contributed by atoms with Gasteiger partial charge in [0.25, 0.3) is 5.56 Å². The van der Waals surface area contributed by atoms with E-state index in [4.69, 9.17) is 16.9 Å². The second-order valence-corrected chi connectivity index (χ2v) is 7.42. The molecule has 0 aliphatic carbocycles. The number of nitriles is 1. The van der Waals surface area contributed by atoms with Crippen molar-refractivity contribution in [1.29, 1.82) is 5.26 Å². The molecule has 1 N–H and O–H groups in total. The van der Waals surface area contributed by atoms with Gasteiger partial charge in [-0.05, 0) is 35.9 Å². The first-order valence-electron chi connectivity index (χ1n) is 9.39. The first kappa shape index (κ1) is 18.8. The fourth-order valence-electron chi connectivity index (χ4n) is 3.70. The van der Waals surface area contributed by atoms with Crippen molar-refractivity contribution >= 4 is 33.3 Å². The molecular formula is C24H13ClN4O2. The van der Waals surface area contributed by atoms with Crippen LogP contribution in [0, 0.1) is 11.3 Å². The average Bonchev–Trinajstić information content (AvgIpc) is 2.79. The maximum Gasteiger partial charge on any atom is 0.333 e. The number of benzene rings is 3. The Hall–Kier alpha value is -4.21. The van der Waals surface area contributed by atoms with Crippen LogP contribution in [0.1, 0.15) is 5.56 Å². The molecule has 0 atom stereocenters. The molecule has 0 bridgehead atoms. The number of rotatable bonds is 2.